The zero-order valence-electron chi connectivity index (χ0n) is 12.4. The molecule has 1 aromatic rings. The molecule has 1 saturated carbocycles. The number of nitrogens with one attached hydrogen (secondary N) is 1. The third-order valence-corrected chi connectivity index (χ3v) is 4.07. The maximum Gasteiger partial charge on any atom is 0.241 e. The molecule has 0 heterocycles. The Hall–Kier alpha value is -1.62. The molecule has 1 atom stereocenters. The summed E-state index contributed by atoms with van der Waals surface area (Å²) in [6.07, 6.45) is 6.73. The van der Waals surface area contributed by atoms with Gasteiger partial charge in [-0.15, -0.1) is 0 Å². The second kappa shape index (κ2) is 7.41. The van der Waals surface area contributed by atoms with Gasteiger partial charge in [-0.2, -0.15) is 0 Å². The SMILES string of the molecule is COc1ccc(NC(=O)C(N)CC2CCCCC2)cc1F. The molecule has 21 heavy (non-hydrogen) atoms. The summed E-state index contributed by atoms with van der Waals surface area (Å²) in [4.78, 5) is 12.1. The van der Waals surface area contributed by atoms with E-state index in [2.05, 4.69) is 5.32 Å². The number of hydrogen-bond donors (Lipinski definition) is 2. The van der Waals surface area contributed by atoms with Crippen molar-refractivity contribution in [2.75, 3.05) is 12.4 Å². The first-order chi connectivity index (χ1) is 10.1. The van der Waals surface area contributed by atoms with Gasteiger partial charge in [-0.05, 0) is 24.5 Å². The van der Waals surface area contributed by atoms with Crippen molar-refractivity contribution in [3.8, 4) is 5.75 Å². The molecule has 0 radical (unpaired) electrons. The summed E-state index contributed by atoms with van der Waals surface area (Å²) in [5.41, 5.74) is 6.36. The van der Waals surface area contributed by atoms with Gasteiger partial charge in [0.15, 0.2) is 11.6 Å². The van der Waals surface area contributed by atoms with Crippen LogP contribution in [0.4, 0.5) is 10.1 Å². The van der Waals surface area contributed by atoms with Crippen molar-refractivity contribution in [2.45, 2.75) is 44.6 Å². The van der Waals surface area contributed by atoms with Crippen molar-refractivity contribution in [1.82, 2.24) is 0 Å². The highest BCUT2D eigenvalue weighted by molar-refractivity contribution is 5.94. The van der Waals surface area contributed by atoms with Crippen LogP contribution in [0.25, 0.3) is 0 Å². The van der Waals surface area contributed by atoms with Crippen LogP contribution in [0.2, 0.25) is 0 Å². The molecule has 4 nitrogen and oxygen atoms in total. The minimum Gasteiger partial charge on any atom is -0.494 e. The lowest BCUT2D eigenvalue weighted by atomic mass is 9.85. The van der Waals surface area contributed by atoms with Crippen LogP contribution in [-0.2, 0) is 4.79 Å². The number of rotatable bonds is 5. The monoisotopic (exact) mass is 294 g/mol. The number of methoxy groups -OCH3 is 1. The fraction of sp³-hybridized carbons (Fsp3) is 0.562. The van der Waals surface area contributed by atoms with Crippen molar-refractivity contribution >= 4 is 11.6 Å². The Kier molecular flexibility index (Phi) is 5.56. The van der Waals surface area contributed by atoms with Crippen molar-refractivity contribution in [3.63, 3.8) is 0 Å². The summed E-state index contributed by atoms with van der Waals surface area (Å²) in [5, 5.41) is 2.66. The first kappa shape index (κ1) is 15.8. The first-order valence-corrected chi connectivity index (χ1v) is 7.50. The highest BCUT2D eigenvalue weighted by Crippen LogP contribution is 2.27. The standard InChI is InChI=1S/C16H23FN2O2/c1-21-15-8-7-12(10-13(15)17)19-16(20)14(18)9-11-5-3-2-4-6-11/h7-8,10-11,14H,2-6,9,18H2,1H3,(H,19,20). The Labute approximate surface area is 124 Å². The van der Waals surface area contributed by atoms with Crippen LogP contribution in [0.5, 0.6) is 5.75 Å². The second-order valence-corrected chi connectivity index (χ2v) is 5.68. The van der Waals surface area contributed by atoms with Gasteiger partial charge in [0.2, 0.25) is 5.91 Å². The normalized spacial score (nSPS) is 17.3. The number of amides is 1. The summed E-state index contributed by atoms with van der Waals surface area (Å²) in [6.45, 7) is 0. The number of benzene rings is 1. The Morgan fingerprint density at radius 1 is 1.43 bits per heavy atom. The van der Waals surface area contributed by atoms with Crippen molar-refractivity contribution in [3.05, 3.63) is 24.0 Å². The molecule has 0 aliphatic heterocycles. The van der Waals surface area contributed by atoms with E-state index in [1.807, 2.05) is 0 Å². The third kappa shape index (κ3) is 4.43. The molecule has 3 N–H and O–H groups in total. The van der Waals surface area contributed by atoms with E-state index >= 15 is 0 Å². The first-order valence-electron chi connectivity index (χ1n) is 7.50. The Bertz CT molecular complexity index is 487. The highest BCUT2D eigenvalue weighted by atomic mass is 19.1. The van der Waals surface area contributed by atoms with Gasteiger partial charge in [-0.25, -0.2) is 4.39 Å². The molecular formula is C16H23FN2O2. The Morgan fingerprint density at radius 3 is 2.76 bits per heavy atom. The van der Waals surface area contributed by atoms with E-state index in [9.17, 15) is 9.18 Å². The zero-order valence-corrected chi connectivity index (χ0v) is 12.4. The molecule has 1 fully saturated rings. The molecule has 1 aliphatic carbocycles. The van der Waals surface area contributed by atoms with Crippen LogP contribution in [0, 0.1) is 11.7 Å². The predicted molar refractivity (Wildman–Crippen MR) is 80.7 cm³/mol. The van der Waals surface area contributed by atoms with Crippen LogP contribution in [-0.4, -0.2) is 19.1 Å². The number of carbonyl (C=O) groups is 1. The van der Waals surface area contributed by atoms with E-state index < -0.39 is 11.9 Å². The summed E-state index contributed by atoms with van der Waals surface area (Å²) < 4.78 is 18.4. The summed E-state index contributed by atoms with van der Waals surface area (Å²) in [7, 11) is 1.40. The average Bonchev–Trinajstić information content (AvgIpc) is 2.48. The maximum atomic E-state index is 13.6. The third-order valence-electron chi connectivity index (χ3n) is 4.07. The van der Waals surface area contributed by atoms with E-state index in [4.69, 9.17) is 10.5 Å². The maximum absolute atomic E-state index is 13.6. The van der Waals surface area contributed by atoms with Gasteiger partial charge in [0.05, 0.1) is 13.2 Å². The fourth-order valence-electron chi connectivity index (χ4n) is 2.87. The molecule has 1 amide bonds. The molecule has 0 bridgehead atoms. The fourth-order valence-corrected chi connectivity index (χ4v) is 2.87. The largest absolute Gasteiger partial charge is 0.494 e. The molecule has 0 aromatic heterocycles. The summed E-state index contributed by atoms with van der Waals surface area (Å²) >= 11 is 0. The molecule has 2 rings (SSSR count). The van der Waals surface area contributed by atoms with Crippen LogP contribution in [0.15, 0.2) is 18.2 Å². The van der Waals surface area contributed by atoms with Crippen molar-refractivity contribution < 1.29 is 13.9 Å². The topological polar surface area (TPSA) is 64.3 Å². The van der Waals surface area contributed by atoms with E-state index in [1.54, 1.807) is 6.07 Å². The number of ether oxygens (including phenoxy) is 1. The lowest BCUT2D eigenvalue weighted by Crippen LogP contribution is -2.37. The predicted octanol–water partition coefficient (Wildman–Crippen LogP) is 3.07. The number of halogens is 1. The van der Waals surface area contributed by atoms with E-state index in [0.29, 0.717) is 18.0 Å². The van der Waals surface area contributed by atoms with Crippen molar-refractivity contribution in [1.29, 1.82) is 0 Å². The minimum atomic E-state index is -0.543. The average molecular weight is 294 g/mol. The quantitative estimate of drug-likeness (QED) is 0.877. The molecule has 116 valence electrons. The Morgan fingerprint density at radius 2 is 2.14 bits per heavy atom. The van der Waals surface area contributed by atoms with Gasteiger partial charge in [-0.1, -0.05) is 32.1 Å². The molecule has 0 saturated heterocycles. The van der Waals surface area contributed by atoms with Crippen LogP contribution in [0.3, 0.4) is 0 Å². The highest BCUT2D eigenvalue weighted by Gasteiger charge is 2.21. The van der Waals surface area contributed by atoms with E-state index in [1.165, 1.54) is 38.5 Å². The second-order valence-electron chi connectivity index (χ2n) is 5.68. The smallest absolute Gasteiger partial charge is 0.241 e. The van der Waals surface area contributed by atoms with Crippen LogP contribution >= 0.6 is 0 Å². The van der Waals surface area contributed by atoms with Gasteiger partial charge >= 0.3 is 0 Å². The van der Waals surface area contributed by atoms with E-state index in [0.717, 1.165) is 12.8 Å². The molecule has 1 unspecified atom stereocenters. The minimum absolute atomic E-state index is 0.152. The Balaban J connectivity index is 1.89. The van der Waals surface area contributed by atoms with Gasteiger partial charge in [-0.3, -0.25) is 4.79 Å². The zero-order chi connectivity index (χ0) is 15.2. The van der Waals surface area contributed by atoms with Gasteiger partial charge in [0, 0.05) is 11.8 Å². The van der Waals surface area contributed by atoms with Crippen molar-refractivity contribution in [2.24, 2.45) is 11.7 Å². The number of nitrogens with two attached hydrogens (primary N) is 1. The van der Waals surface area contributed by atoms with Gasteiger partial charge < -0.3 is 15.8 Å². The number of anilines is 1. The molecule has 1 aromatic carbocycles. The van der Waals surface area contributed by atoms with Crippen LogP contribution < -0.4 is 15.8 Å². The molecular weight excluding hydrogens is 271 g/mol. The summed E-state index contributed by atoms with van der Waals surface area (Å²) in [5.74, 6) is -0.0760. The van der Waals surface area contributed by atoms with E-state index in [-0.39, 0.29) is 11.7 Å². The number of hydrogen-bond acceptors (Lipinski definition) is 3. The van der Waals surface area contributed by atoms with Crippen LogP contribution in [0.1, 0.15) is 38.5 Å². The van der Waals surface area contributed by atoms with Gasteiger partial charge in [0.1, 0.15) is 0 Å². The molecule has 0 spiro atoms. The molecule has 1 aliphatic rings. The number of carbonyl (C=O) groups excluding carboxylic acids is 1. The lowest BCUT2D eigenvalue weighted by molar-refractivity contribution is -0.117. The van der Waals surface area contributed by atoms with Gasteiger partial charge in [0.25, 0.3) is 0 Å². The lowest BCUT2D eigenvalue weighted by Gasteiger charge is -2.24. The summed E-state index contributed by atoms with van der Waals surface area (Å²) in [6, 6.07) is 3.78. The molecule has 5 heteroatoms.